The van der Waals surface area contributed by atoms with Crippen LogP contribution in [0.2, 0.25) is 0 Å². The molecule has 0 unspecified atom stereocenters. The average molecular weight is 303 g/mol. The molecule has 0 saturated carbocycles. The fraction of sp³-hybridized carbons (Fsp3) is 0.312. The van der Waals surface area contributed by atoms with Gasteiger partial charge < -0.3 is 16.0 Å². The highest BCUT2D eigenvalue weighted by Crippen LogP contribution is 2.12. The molecule has 2 rings (SSSR count). The number of nitrogens with zero attached hydrogens (tertiary/aromatic N) is 1. The number of hydrogen-bond acceptors (Lipinski definition) is 4. The van der Waals surface area contributed by atoms with Crippen LogP contribution in [-0.4, -0.2) is 30.9 Å². The Hall–Kier alpha value is -1.85. The SMILES string of the molecule is CN(CCC(=O)Nc1cccc(N)c1)CCc1cccs1. The van der Waals surface area contributed by atoms with Gasteiger partial charge in [-0.1, -0.05) is 12.1 Å². The fourth-order valence-electron chi connectivity index (χ4n) is 2.00. The largest absolute Gasteiger partial charge is 0.399 e. The first-order valence-corrected chi connectivity index (χ1v) is 7.88. The summed E-state index contributed by atoms with van der Waals surface area (Å²) in [4.78, 5) is 15.4. The molecule has 0 fully saturated rings. The van der Waals surface area contributed by atoms with Crippen LogP contribution in [-0.2, 0) is 11.2 Å². The summed E-state index contributed by atoms with van der Waals surface area (Å²) >= 11 is 1.77. The number of amides is 1. The Morgan fingerprint density at radius 3 is 2.86 bits per heavy atom. The second-order valence-corrected chi connectivity index (χ2v) is 6.09. The maximum atomic E-state index is 11.9. The van der Waals surface area contributed by atoms with Crippen LogP contribution in [0.4, 0.5) is 11.4 Å². The van der Waals surface area contributed by atoms with Gasteiger partial charge in [-0.25, -0.2) is 0 Å². The number of hydrogen-bond donors (Lipinski definition) is 2. The van der Waals surface area contributed by atoms with E-state index in [4.69, 9.17) is 5.73 Å². The van der Waals surface area contributed by atoms with Gasteiger partial charge in [-0.3, -0.25) is 4.79 Å². The van der Waals surface area contributed by atoms with Crippen LogP contribution in [0.25, 0.3) is 0 Å². The number of anilines is 2. The van der Waals surface area contributed by atoms with E-state index in [1.807, 2.05) is 19.2 Å². The number of nitrogens with one attached hydrogen (secondary N) is 1. The summed E-state index contributed by atoms with van der Waals surface area (Å²) in [5.74, 6) is 0.0172. The summed E-state index contributed by atoms with van der Waals surface area (Å²) < 4.78 is 0. The Bertz CT molecular complexity index is 569. The monoisotopic (exact) mass is 303 g/mol. The normalized spacial score (nSPS) is 10.8. The summed E-state index contributed by atoms with van der Waals surface area (Å²) in [6.07, 6.45) is 1.51. The van der Waals surface area contributed by atoms with Crippen LogP contribution in [0.5, 0.6) is 0 Å². The van der Waals surface area contributed by atoms with Crippen LogP contribution in [0, 0.1) is 0 Å². The second kappa shape index (κ2) is 7.81. The zero-order valence-electron chi connectivity index (χ0n) is 12.2. The van der Waals surface area contributed by atoms with Crippen molar-refractivity contribution in [1.82, 2.24) is 4.90 Å². The van der Waals surface area contributed by atoms with Crippen LogP contribution < -0.4 is 11.1 Å². The van der Waals surface area contributed by atoms with Crippen molar-refractivity contribution in [3.05, 3.63) is 46.7 Å². The van der Waals surface area contributed by atoms with Gasteiger partial charge >= 0.3 is 0 Å². The Kier molecular flexibility index (Phi) is 5.78. The zero-order chi connectivity index (χ0) is 15.1. The number of nitrogen functional groups attached to an aromatic ring is 1. The highest BCUT2D eigenvalue weighted by Gasteiger charge is 2.06. The van der Waals surface area contributed by atoms with Crippen molar-refractivity contribution in [3.8, 4) is 0 Å². The molecule has 0 radical (unpaired) electrons. The van der Waals surface area contributed by atoms with Crippen molar-refractivity contribution >= 4 is 28.6 Å². The van der Waals surface area contributed by atoms with Gasteiger partial charge in [0.15, 0.2) is 0 Å². The lowest BCUT2D eigenvalue weighted by molar-refractivity contribution is -0.116. The third kappa shape index (κ3) is 5.57. The molecule has 1 amide bonds. The first kappa shape index (κ1) is 15.5. The molecule has 0 aliphatic rings. The van der Waals surface area contributed by atoms with Crippen molar-refractivity contribution in [2.75, 3.05) is 31.2 Å². The lowest BCUT2D eigenvalue weighted by Crippen LogP contribution is -2.26. The topological polar surface area (TPSA) is 58.4 Å². The summed E-state index contributed by atoms with van der Waals surface area (Å²) in [7, 11) is 2.04. The van der Waals surface area contributed by atoms with E-state index in [0.29, 0.717) is 12.1 Å². The molecule has 0 saturated heterocycles. The smallest absolute Gasteiger partial charge is 0.225 e. The zero-order valence-corrected chi connectivity index (χ0v) is 13.0. The van der Waals surface area contributed by atoms with Gasteiger partial charge in [0.05, 0.1) is 0 Å². The van der Waals surface area contributed by atoms with Crippen molar-refractivity contribution in [2.24, 2.45) is 0 Å². The molecule has 0 bridgehead atoms. The van der Waals surface area contributed by atoms with E-state index in [-0.39, 0.29) is 5.91 Å². The van der Waals surface area contributed by atoms with E-state index in [2.05, 4.69) is 27.7 Å². The number of benzene rings is 1. The van der Waals surface area contributed by atoms with Crippen LogP contribution in [0.1, 0.15) is 11.3 Å². The van der Waals surface area contributed by atoms with E-state index < -0.39 is 0 Å². The lowest BCUT2D eigenvalue weighted by Gasteiger charge is -2.15. The molecular weight excluding hydrogens is 282 g/mol. The molecule has 0 aliphatic carbocycles. The van der Waals surface area contributed by atoms with Gasteiger partial charge in [-0.05, 0) is 43.1 Å². The quantitative estimate of drug-likeness (QED) is 0.773. The fourth-order valence-corrected chi connectivity index (χ4v) is 2.70. The molecule has 0 spiro atoms. The summed E-state index contributed by atoms with van der Waals surface area (Å²) in [5.41, 5.74) is 7.09. The first-order valence-electron chi connectivity index (χ1n) is 7.00. The predicted octanol–water partition coefficient (Wildman–Crippen LogP) is 2.83. The lowest BCUT2D eigenvalue weighted by atomic mass is 10.2. The van der Waals surface area contributed by atoms with E-state index >= 15 is 0 Å². The molecule has 0 aliphatic heterocycles. The number of carbonyl (C=O) groups is 1. The molecule has 3 N–H and O–H groups in total. The van der Waals surface area contributed by atoms with Gasteiger partial charge in [0, 0.05) is 35.8 Å². The minimum atomic E-state index is 0.0172. The van der Waals surface area contributed by atoms with E-state index in [0.717, 1.165) is 25.2 Å². The number of carbonyl (C=O) groups excluding carboxylic acids is 1. The third-order valence-corrected chi connectivity index (χ3v) is 4.15. The number of likely N-dealkylation sites (N-methyl/N-ethyl adjacent to an activating group) is 1. The molecule has 21 heavy (non-hydrogen) atoms. The Labute approximate surface area is 129 Å². The summed E-state index contributed by atoms with van der Waals surface area (Å²) in [6.45, 7) is 1.71. The van der Waals surface area contributed by atoms with Gasteiger partial charge in [-0.15, -0.1) is 11.3 Å². The Balaban J connectivity index is 1.68. The van der Waals surface area contributed by atoms with Crippen molar-refractivity contribution < 1.29 is 4.79 Å². The second-order valence-electron chi connectivity index (χ2n) is 5.06. The molecule has 1 aromatic heterocycles. The van der Waals surface area contributed by atoms with Gasteiger partial charge in [0.1, 0.15) is 0 Å². The van der Waals surface area contributed by atoms with Crippen molar-refractivity contribution in [1.29, 1.82) is 0 Å². The molecule has 1 heterocycles. The summed E-state index contributed by atoms with van der Waals surface area (Å²) in [5, 5.41) is 4.96. The van der Waals surface area contributed by atoms with E-state index in [1.165, 1.54) is 4.88 Å². The molecule has 5 heteroatoms. The van der Waals surface area contributed by atoms with E-state index in [9.17, 15) is 4.79 Å². The van der Waals surface area contributed by atoms with Crippen LogP contribution in [0.3, 0.4) is 0 Å². The summed E-state index contributed by atoms with van der Waals surface area (Å²) in [6, 6.07) is 11.4. The molecule has 112 valence electrons. The number of nitrogens with two attached hydrogens (primary N) is 1. The van der Waals surface area contributed by atoms with Crippen LogP contribution >= 0.6 is 11.3 Å². The minimum absolute atomic E-state index is 0.0172. The number of thiophene rings is 1. The highest BCUT2D eigenvalue weighted by molar-refractivity contribution is 7.09. The maximum absolute atomic E-state index is 11.9. The number of rotatable bonds is 7. The minimum Gasteiger partial charge on any atom is -0.399 e. The predicted molar refractivity (Wildman–Crippen MR) is 89.6 cm³/mol. The van der Waals surface area contributed by atoms with Crippen LogP contribution in [0.15, 0.2) is 41.8 Å². The van der Waals surface area contributed by atoms with Crippen molar-refractivity contribution in [3.63, 3.8) is 0 Å². The molecule has 1 aromatic carbocycles. The molecule has 4 nitrogen and oxygen atoms in total. The van der Waals surface area contributed by atoms with Gasteiger partial charge in [0.25, 0.3) is 0 Å². The first-order chi connectivity index (χ1) is 10.1. The van der Waals surface area contributed by atoms with Gasteiger partial charge in [-0.2, -0.15) is 0 Å². The van der Waals surface area contributed by atoms with E-state index in [1.54, 1.807) is 23.5 Å². The third-order valence-electron chi connectivity index (χ3n) is 3.21. The van der Waals surface area contributed by atoms with Crippen molar-refractivity contribution in [2.45, 2.75) is 12.8 Å². The molecular formula is C16H21N3OS. The maximum Gasteiger partial charge on any atom is 0.225 e. The Morgan fingerprint density at radius 1 is 1.29 bits per heavy atom. The standard InChI is InChI=1S/C16H21N3OS/c1-19(9-7-15-6-3-11-21-15)10-8-16(20)18-14-5-2-4-13(17)12-14/h2-6,11-12H,7-10,17H2,1H3,(H,18,20). The Morgan fingerprint density at radius 2 is 2.14 bits per heavy atom. The highest BCUT2D eigenvalue weighted by atomic mass is 32.1. The molecule has 0 atom stereocenters. The van der Waals surface area contributed by atoms with Gasteiger partial charge in [0.2, 0.25) is 5.91 Å². The molecule has 2 aromatic rings. The average Bonchev–Trinajstić information content (AvgIpc) is 2.96.